The molecule has 1 saturated heterocycles. The number of nitrogens with one attached hydrogen (secondary N) is 3. The minimum atomic E-state index is -0.345. The fourth-order valence-electron chi connectivity index (χ4n) is 5.72. The maximum atomic E-state index is 13.1. The van der Waals surface area contributed by atoms with Gasteiger partial charge in [0.05, 0.1) is 48.2 Å². The minimum absolute atomic E-state index is 0.0126. The summed E-state index contributed by atoms with van der Waals surface area (Å²) in [5.41, 5.74) is 3.18. The molecule has 2 atom stereocenters. The fourth-order valence-corrected chi connectivity index (χ4v) is 6.32. The Morgan fingerprint density at radius 1 is 1.10 bits per heavy atom. The lowest BCUT2D eigenvalue weighted by atomic mass is 9.90. The Hall–Kier alpha value is -4.39. The first-order valence-electron chi connectivity index (χ1n) is 15.7. The van der Waals surface area contributed by atoms with E-state index in [-0.39, 0.29) is 48.4 Å². The number of methoxy groups -OCH3 is 1. The number of benzene rings is 2. The summed E-state index contributed by atoms with van der Waals surface area (Å²) in [5, 5.41) is 9.24. The van der Waals surface area contributed by atoms with E-state index in [0.29, 0.717) is 59.0 Å². The van der Waals surface area contributed by atoms with E-state index in [1.165, 1.54) is 4.90 Å². The Bertz CT molecular complexity index is 1760. The van der Waals surface area contributed by atoms with Crippen molar-refractivity contribution in [1.29, 1.82) is 0 Å². The van der Waals surface area contributed by atoms with Crippen molar-refractivity contribution in [3.63, 3.8) is 0 Å². The first-order valence-corrected chi connectivity index (χ1v) is 16.5. The second-order valence-corrected chi connectivity index (χ2v) is 12.3. The number of piperidine rings is 1. The van der Waals surface area contributed by atoms with Crippen molar-refractivity contribution in [1.82, 2.24) is 30.5 Å². The molecule has 0 unspecified atom stereocenters. The molecule has 0 bridgehead atoms. The molecule has 1 aliphatic heterocycles. The molecule has 14 heteroatoms. The molecule has 3 amide bonds. The summed E-state index contributed by atoms with van der Waals surface area (Å²) in [4.78, 5) is 47.9. The molecule has 12 nitrogen and oxygen atoms in total. The summed E-state index contributed by atoms with van der Waals surface area (Å²) in [5.74, 6) is 0.219. The summed E-state index contributed by atoms with van der Waals surface area (Å²) in [6.45, 7) is 0.960. The first kappa shape index (κ1) is 34.9. The van der Waals surface area contributed by atoms with Gasteiger partial charge in [0.2, 0.25) is 17.7 Å². The fraction of sp³-hybridized carbons (Fsp3) is 0.382. The molecular formula is C34H39Cl2N7O5. The minimum Gasteiger partial charge on any atom is -0.486 e. The second-order valence-electron chi connectivity index (χ2n) is 11.6. The van der Waals surface area contributed by atoms with Gasteiger partial charge in [-0.2, -0.15) is 4.98 Å². The summed E-state index contributed by atoms with van der Waals surface area (Å²) in [7, 11) is 4.77. The SMILES string of the molecule is CNC(=O)[C@H]1CC[C@H](CCC(=O)NCC(=O)N(C)c2ccc(Cl)c(COc3cccc4c3nc(OC)n4Cc3ccccn3)c2Cl)CN1. The molecule has 0 aliphatic carbocycles. The highest BCUT2D eigenvalue weighted by Gasteiger charge is 2.26. The van der Waals surface area contributed by atoms with Crippen molar-refractivity contribution in [2.75, 3.05) is 39.2 Å². The highest BCUT2D eigenvalue weighted by molar-refractivity contribution is 6.38. The Morgan fingerprint density at radius 2 is 1.94 bits per heavy atom. The summed E-state index contributed by atoms with van der Waals surface area (Å²) < 4.78 is 13.7. The first-order chi connectivity index (χ1) is 23.2. The molecule has 1 fully saturated rings. The average molecular weight is 697 g/mol. The molecule has 0 spiro atoms. The Balaban J connectivity index is 1.19. The van der Waals surface area contributed by atoms with Crippen LogP contribution in [-0.4, -0.2) is 72.6 Å². The summed E-state index contributed by atoms with van der Waals surface area (Å²) in [6.07, 6.45) is 4.28. The number of anilines is 1. The largest absolute Gasteiger partial charge is 0.486 e. The van der Waals surface area contributed by atoms with Gasteiger partial charge < -0.3 is 30.3 Å². The van der Waals surface area contributed by atoms with Gasteiger partial charge in [-0.3, -0.25) is 23.9 Å². The highest BCUT2D eigenvalue weighted by atomic mass is 35.5. The topological polar surface area (TPSA) is 140 Å². The zero-order valence-electron chi connectivity index (χ0n) is 27.1. The van der Waals surface area contributed by atoms with Crippen LogP contribution in [0.5, 0.6) is 11.8 Å². The van der Waals surface area contributed by atoms with Crippen LogP contribution in [0.15, 0.2) is 54.7 Å². The smallest absolute Gasteiger partial charge is 0.297 e. The number of halogens is 2. The van der Waals surface area contributed by atoms with Crippen LogP contribution in [0, 0.1) is 5.92 Å². The number of pyridine rings is 1. The Labute approximate surface area is 289 Å². The lowest BCUT2D eigenvalue weighted by Crippen LogP contribution is -2.48. The van der Waals surface area contributed by atoms with Crippen LogP contribution in [0.2, 0.25) is 10.0 Å². The number of likely N-dealkylation sites (N-methyl/N-ethyl adjacent to an activating group) is 2. The zero-order chi connectivity index (χ0) is 34.2. The third kappa shape index (κ3) is 8.18. The molecule has 2 aromatic heterocycles. The van der Waals surface area contributed by atoms with E-state index in [2.05, 4.69) is 25.9 Å². The maximum Gasteiger partial charge on any atom is 0.297 e. The molecule has 3 heterocycles. The number of carbonyl (C=O) groups is 3. The van der Waals surface area contributed by atoms with Crippen molar-refractivity contribution in [2.45, 2.75) is 44.9 Å². The molecule has 3 N–H and O–H groups in total. The number of imidazole rings is 1. The molecule has 48 heavy (non-hydrogen) atoms. The van der Waals surface area contributed by atoms with E-state index in [9.17, 15) is 14.4 Å². The lowest BCUT2D eigenvalue weighted by Gasteiger charge is -2.28. The van der Waals surface area contributed by atoms with E-state index in [1.807, 2.05) is 34.9 Å². The lowest BCUT2D eigenvalue weighted by molar-refractivity contribution is -0.125. The van der Waals surface area contributed by atoms with Gasteiger partial charge in [-0.05, 0) is 68.1 Å². The molecule has 0 radical (unpaired) electrons. The van der Waals surface area contributed by atoms with Gasteiger partial charge in [-0.1, -0.05) is 35.3 Å². The maximum absolute atomic E-state index is 13.1. The van der Waals surface area contributed by atoms with E-state index in [0.717, 1.165) is 24.1 Å². The molecule has 2 aromatic carbocycles. The number of hydrogen-bond donors (Lipinski definition) is 3. The number of fused-ring (bicyclic) bond motifs is 1. The summed E-state index contributed by atoms with van der Waals surface area (Å²) in [6, 6.07) is 14.8. The molecule has 254 valence electrons. The zero-order valence-corrected chi connectivity index (χ0v) is 28.6. The van der Waals surface area contributed by atoms with Crippen LogP contribution in [0.1, 0.15) is 36.9 Å². The van der Waals surface area contributed by atoms with Gasteiger partial charge in [0.15, 0.2) is 0 Å². The van der Waals surface area contributed by atoms with Gasteiger partial charge in [0.1, 0.15) is 17.9 Å². The number of carbonyl (C=O) groups excluding carboxylic acids is 3. The predicted octanol–water partition coefficient (Wildman–Crippen LogP) is 4.35. The van der Waals surface area contributed by atoms with Crippen LogP contribution in [0.4, 0.5) is 5.69 Å². The number of para-hydroxylation sites is 1. The molecule has 0 saturated carbocycles. The van der Waals surface area contributed by atoms with Crippen LogP contribution < -0.4 is 30.3 Å². The van der Waals surface area contributed by atoms with Crippen molar-refractivity contribution in [3.8, 4) is 11.8 Å². The van der Waals surface area contributed by atoms with Crippen molar-refractivity contribution < 1.29 is 23.9 Å². The highest BCUT2D eigenvalue weighted by Crippen LogP contribution is 2.36. The molecule has 1 aliphatic rings. The van der Waals surface area contributed by atoms with Crippen LogP contribution >= 0.6 is 23.2 Å². The number of hydrogen-bond acceptors (Lipinski definition) is 8. The molecule has 4 aromatic rings. The van der Waals surface area contributed by atoms with Crippen LogP contribution in [-0.2, 0) is 27.5 Å². The van der Waals surface area contributed by atoms with Gasteiger partial charge in [0.25, 0.3) is 6.01 Å². The summed E-state index contributed by atoms with van der Waals surface area (Å²) >= 11 is 13.3. The van der Waals surface area contributed by atoms with Crippen LogP contribution in [0.3, 0.4) is 0 Å². The second kappa shape index (κ2) is 16.1. The number of ether oxygens (including phenoxy) is 2. The number of rotatable bonds is 13. The van der Waals surface area contributed by atoms with Gasteiger partial charge in [-0.25, -0.2) is 0 Å². The van der Waals surface area contributed by atoms with E-state index >= 15 is 0 Å². The number of amides is 3. The third-order valence-corrected chi connectivity index (χ3v) is 9.28. The number of aromatic nitrogens is 3. The Kier molecular flexibility index (Phi) is 11.7. The molecular weight excluding hydrogens is 657 g/mol. The van der Waals surface area contributed by atoms with E-state index in [4.69, 9.17) is 32.7 Å². The van der Waals surface area contributed by atoms with Gasteiger partial charge >= 0.3 is 0 Å². The molecule has 5 rings (SSSR count). The Morgan fingerprint density at radius 3 is 2.65 bits per heavy atom. The van der Waals surface area contributed by atoms with Gasteiger partial charge in [0, 0.05) is 37.3 Å². The standard InChI is InChI=1S/C34H39Cl2N7O5/c1-37-33(46)25-13-10-21(17-39-25)11-15-29(44)40-18-30(45)42(2)26-14-12-24(35)23(31(26)36)20-48-28-9-6-8-27-32(28)41-34(47-3)43(27)19-22-7-4-5-16-38-22/h4-9,12,14,16,21,25,39H,10-11,13,15,17-20H2,1-3H3,(H,37,46)(H,40,44)/t21-,25-/m1/s1. The number of nitrogens with zero attached hydrogens (tertiary/aromatic N) is 4. The van der Waals surface area contributed by atoms with E-state index < -0.39 is 0 Å². The van der Waals surface area contributed by atoms with Crippen LogP contribution in [0.25, 0.3) is 11.0 Å². The van der Waals surface area contributed by atoms with Crippen molar-refractivity contribution >= 4 is 57.6 Å². The normalized spacial score (nSPS) is 15.9. The van der Waals surface area contributed by atoms with Gasteiger partial charge in [-0.15, -0.1) is 0 Å². The third-order valence-electron chi connectivity index (χ3n) is 8.50. The predicted molar refractivity (Wildman–Crippen MR) is 185 cm³/mol. The average Bonchev–Trinajstić information content (AvgIpc) is 3.47. The quantitative estimate of drug-likeness (QED) is 0.188. The van der Waals surface area contributed by atoms with Crippen molar-refractivity contribution in [3.05, 3.63) is 76.0 Å². The monoisotopic (exact) mass is 695 g/mol. The van der Waals surface area contributed by atoms with Crippen molar-refractivity contribution in [2.24, 2.45) is 5.92 Å². The van der Waals surface area contributed by atoms with E-state index in [1.54, 1.807) is 45.6 Å².